The Bertz CT molecular complexity index is 347. The topological polar surface area (TPSA) is 72.5 Å². The Labute approximate surface area is 95.0 Å². The second-order valence-electron chi connectivity index (χ2n) is 4.23. The third-order valence-corrected chi connectivity index (χ3v) is 2.48. The molecule has 3 N–H and O–H groups in total. The highest BCUT2D eigenvalue weighted by Crippen LogP contribution is 2.20. The van der Waals surface area contributed by atoms with Crippen LogP contribution in [0.1, 0.15) is 19.4 Å². The molecule has 0 aliphatic carbocycles. The van der Waals surface area contributed by atoms with Crippen molar-refractivity contribution in [1.82, 2.24) is 0 Å². The molecule has 0 aliphatic heterocycles. The first-order valence-electron chi connectivity index (χ1n) is 5.09. The Morgan fingerprint density at radius 1 is 1.44 bits per heavy atom. The molecular formula is C12H17NO3. The van der Waals surface area contributed by atoms with Gasteiger partial charge in [0.2, 0.25) is 0 Å². The average Bonchev–Trinajstić information content (AvgIpc) is 2.27. The zero-order valence-electron chi connectivity index (χ0n) is 9.51. The third kappa shape index (κ3) is 3.05. The van der Waals surface area contributed by atoms with Gasteiger partial charge in [-0.1, -0.05) is 30.3 Å². The van der Waals surface area contributed by atoms with Gasteiger partial charge in [0, 0.05) is 0 Å². The van der Waals surface area contributed by atoms with Crippen LogP contribution in [0.25, 0.3) is 0 Å². The van der Waals surface area contributed by atoms with Gasteiger partial charge in [-0.2, -0.15) is 0 Å². The number of hydrogen-bond donors (Lipinski definition) is 2. The van der Waals surface area contributed by atoms with Crippen molar-refractivity contribution in [2.75, 3.05) is 0 Å². The van der Waals surface area contributed by atoms with Gasteiger partial charge in [-0.25, -0.2) is 0 Å². The van der Waals surface area contributed by atoms with Crippen molar-refractivity contribution in [2.24, 2.45) is 11.1 Å². The van der Waals surface area contributed by atoms with Crippen molar-refractivity contribution in [3.63, 3.8) is 0 Å². The highest BCUT2D eigenvalue weighted by molar-refractivity contribution is 5.76. The molecule has 1 rings (SSSR count). The lowest BCUT2D eigenvalue weighted by Crippen LogP contribution is -2.43. The van der Waals surface area contributed by atoms with Crippen LogP contribution >= 0.6 is 0 Å². The smallest absolute Gasteiger partial charge is 0.315 e. The van der Waals surface area contributed by atoms with Gasteiger partial charge in [0.25, 0.3) is 0 Å². The summed E-state index contributed by atoms with van der Waals surface area (Å²) < 4.78 is 5.08. The maximum absolute atomic E-state index is 11.6. The number of esters is 1. The van der Waals surface area contributed by atoms with Crippen molar-refractivity contribution in [3.8, 4) is 0 Å². The van der Waals surface area contributed by atoms with Gasteiger partial charge >= 0.3 is 5.97 Å². The van der Waals surface area contributed by atoms with Gasteiger partial charge in [-0.05, 0) is 19.4 Å². The molecule has 0 radical (unpaired) electrons. The molecule has 1 unspecified atom stereocenters. The predicted molar refractivity (Wildman–Crippen MR) is 60.2 cm³/mol. The second kappa shape index (κ2) is 5.09. The van der Waals surface area contributed by atoms with Crippen LogP contribution in [0.15, 0.2) is 30.3 Å². The summed E-state index contributed by atoms with van der Waals surface area (Å²) in [5, 5.41) is 9.22. The lowest BCUT2D eigenvalue weighted by Gasteiger charge is -2.25. The van der Waals surface area contributed by atoms with Crippen LogP contribution in [0.5, 0.6) is 0 Å². The number of aliphatic hydroxyl groups excluding tert-OH is 1. The van der Waals surface area contributed by atoms with E-state index >= 15 is 0 Å². The highest BCUT2D eigenvalue weighted by atomic mass is 16.5. The molecule has 4 nitrogen and oxygen atoms in total. The number of ether oxygens (including phenoxy) is 1. The molecule has 0 saturated carbocycles. The number of rotatable bonds is 4. The summed E-state index contributed by atoms with van der Waals surface area (Å²) in [6, 6.07) is 9.34. The number of carbonyl (C=O) groups excluding carboxylic acids is 1. The number of carbonyl (C=O) groups is 1. The first-order valence-corrected chi connectivity index (χ1v) is 5.09. The normalized spacial score (nSPS) is 13.2. The molecule has 88 valence electrons. The number of aliphatic hydroxyl groups is 1. The van der Waals surface area contributed by atoms with Gasteiger partial charge in [-0.15, -0.1) is 0 Å². The van der Waals surface area contributed by atoms with E-state index in [1.54, 1.807) is 13.8 Å². The van der Waals surface area contributed by atoms with Crippen LogP contribution in [0.2, 0.25) is 0 Å². The molecule has 0 fully saturated rings. The van der Waals surface area contributed by atoms with Crippen molar-refractivity contribution in [2.45, 2.75) is 26.7 Å². The van der Waals surface area contributed by atoms with Crippen LogP contribution < -0.4 is 5.73 Å². The lowest BCUT2D eigenvalue weighted by molar-refractivity contribution is -0.161. The number of benzene rings is 1. The van der Waals surface area contributed by atoms with E-state index in [1.165, 1.54) is 0 Å². The Kier molecular flexibility index (Phi) is 4.04. The standard InChI is InChI=1S/C12H17NO3/c1-12(2,10(13)14)11(15)16-8-9-6-4-3-5-7-9/h3-7,10,14H,8,13H2,1-2H3. The van der Waals surface area contributed by atoms with E-state index < -0.39 is 17.6 Å². The van der Waals surface area contributed by atoms with Crippen LogP contribution in [0.3, 0.4) is 0 Å². The Balaban J connectivity index is 2.54. The molecule has 0 spiro atoms. The van der Waals surface area contributed by atoms with Crippen molar-refractivity contribution < 1.29 is 14.6 Å². The van der Waals surface area contributed by atoms with E-state index in [0.717, 1.165) is 5.56 Å². The van der Waals surface area contributed by atoms with Crippen molar-refractivity contribution in [1.29, 1.82) is 0 Å². The summed E-state index contributed by atoms with van der Waals surface area (Å²) in [6.45, 7) is 3.28. The monoisotopic (exact) mass is 223 g/mol. The molecule has 0 saturated heterocycles. The zero-order chi connectivity index (χ0) is 12.2. The summed E-state index contributed by atoms with van der Waals surface area (Å²) >= 11 is 0. The number of hydrogen-bond acceptors (Lipinski definition) is 4. The molecule has 0 amide bonds. The molecule has 0 bridgehead atoms. The van der Waals surface area contributed by atoms with E-state index in [4.69, 9.17) is 10.5 Å². The fraction of sp³-hybridized carbons (Fsp3) is 0.417. The first-order chi connectivity index (χ1) is 7.44. The summed E-state index contributed by atoms with van der Waals surface area (Å²) in [5.74, 6) is -0.508. The Morgan fingerprint density at radius 3 is 2.50 bits per heavy atom. The van der Waals surface area contributed by atoms with E-state index in [9.17, 15) is 9.90 Å². The third-order valence-electron chi connectivity index (χ3n) is 2.48. The van der Waals surface area contributed by atoms with Gasteiger partial charge in [0.05, 0.1) is 0 Å². The Morgan fingerprint density at radius 2 is 2.00 bits per heavy atom. The van der Waals surface area contributed by atoms with E-state index in [0.29, 0.717) is 0 Å². The molecule has 16 heavy (non-hydrogen) atoms. The molecule has 0 heterocycles. The molecular weight excluding hydrogens is 206 g/mol. The summed E-state index contributed by atoms with van der Waals surface area (Å²) in [4.78, 5) is 11.6. The molecule has 0 aliphatic rings. The van der Waals surface area contributed by atoms with Gasteiger partial charge in [0.15, 0.2) is 0 Å². The maximum Gasteiger partial charge on any atom is 0.315 e. The molecule has 1 aromatic carbocycles. The first kappa shape index (κ1) is 12.7. The summed E-state index contributed by atoms with van der Waals surface area (Å²) in [5.41, 5.74) is 5.11. The van der Waals surface area contributed by atoms with Crippen LogP contribution in [0.4, 0.5) is 0 Å². The molecule has 1 atom stereocenters. The lowest BCUT2D eigenvalue weighted by atomic mass is 9.92. The maximum atomic E-state index is 11.6. The van der Waals surface area contributed by atoms with Crippen LogP contribution in [-0.4, -0.2) is 17.3 Å². The fourth-order valence-corrected chi connectivity index (χ4v) is 1.03. The largest absolute Gasteiger partial charge is 0.460 e. The van der Waals surface area contributed by atoms with Gasteiger partial charge < -0.3 is 15.6 Å². The SMILES string of the molecule is CC(C)(C(=O)OCc1ccccc1)C(N)O. The van der Waals surface area contributed by atoms with Crippen molar-refractivity contribution >= 4 is 5.97 Å². The minimum Gasteiger partial charge on any atom is -0.460 e. The molecule has 0 aromatic heterocycles. The van der Waals surface area contributed by atoms with E-state index in [1.807, 2.05) is 30.3 Å². The Hall–Kier alpha value is -1.39. The molecule has 4 heteroatoms. The van der Waals surface area contributed by atoms with E-state index in [2.05, 4.69) is 0 Å². The minimum absolute atomic E-state index is 0.190. The minimum atomic E-state index is -1.23. The van der Waals surface area contributed by atoms with E-state index in [-0.39, 0.29) is 6.61 Å². The van der Waals surface area contributed by atoms with Crippen molar-refractivity contribution in [3.05, 3.63) is 35.9 Å². The number of nitrogens with two attached hydrogens (primary N) is 1. The quantitative estimate of drug-likeness (QED) is 0.590. The van der Waals surface area contributed by atoms with Gasteiger partial charge in [0.1, 0.15) is 18.2 Å². The zero-order valence-corrected chi connectivity index (χ0v) is 9.51. The summed E-state index contributed by atoms with van der Waals surface area (Å²) in [6.07, 6.45) is -1.23. The highest BCUT2D eigenvalue weighted by Gasteiger charge is 2.35. The summed E-state index contributed by atoms with van der Waals surface area (Å²) in [7, 11) is 0. The molecule has 1 aromatic rings. The average molecular weight is 223 g/mol. The fourth-order valence-electron chi connectivity index (χ4n) is 1.03. The van der Waals surface area contributed by atoms with Crippen LogP contribution in [0, 0.1) is 5.41 Å². The second-order valence-corrected chi connectivity index (χ2v) is 4.23. The van der Waals surface area contributed by atoms with Crippen LogP contribution in [-0.2, 0) is 16.1 Å². The van der Waals surface area contributed by atoms with Gasteiger partial charge in [-0.3, -0.25) is 4.79 Å². The predicted octanol–water partition coefficient (Wildman–Crippen LogP) is 1.03.